The SMILES string of the molecule is C=CC[C@H]1N(c2cccc(N3C(=O)OC[C@@H]3C)n2)c2nc(N(C(=O)OC(C)(C)C)c3ccc(N4CCN(C)CC4)cc3)ncc2[C@@]1(C)CO[Si](C)(C)C(C)(C)C. The fraction of sp³-hybridized carbons (Fsp3) is 0.548. The number of amides is 2. The number of anilines is 6. The van der Waals surface area contributed by atoms with Crippen LogP contribution in [0.1, 0.15) is 67.4 Å². The van der Waals surface area contributed by atoms with Crippen molar-refractivity contribution >= 4 is 55.3 Å². The van der Waals surface area contributed by atoms with Crippen LogP contribution in [-0.4, -0.2) is 104 Å². The van der Waals surface area contributed by atoms with Gasteiger partial charge in [-0.15, -0.1) is 6.58 Å². The number of aromatic nitrogens is 3. The molecule has 0 N–H and O–H groups in total. The molecule has 2 fully saturated rings. The molecule has 3 aromatic rings. The number of hydrogen-bond acceptors (Lipinski definition) is 11. The minimum atomic E-state index is -2.20. The number of carbonyl (C=O) groups excluding carboxylic acids is 2. The van der Waals surface area contributed by atoms with E-state index >= 15 is 0 Å². The maximum Gasteiger partial charge on any atom is 0.421 e. The molecule has 1 aromatic carbocycles. The van der Waals surface area contributed by atoms with Gasteiger partial charge in [-0.05, 0) is 95.7 Å². The summed E-state index contributed by atoms with van der Waals surface area (Å²) in [7, 11) is -0.0662. The van der Waals surface area contributed by atoms with Gasteiger partial charge in [-0.25, -0.2) is 24.5 Å². The van der Waals surface area contributed by atoms with Crippen LogP contribution in [0.4, 0.5) is 44.4 Å². The van der Waals surface area contributed by atoms with Crippen molar-refractivity contribution in [1.82, 2.24) is 19.9 Å². The molecule has 2 saturated heterocycles. The average Bonchev–Trinajstić information content (AvgIpc) is 3.59. The molecule has 0 bridgehead atoms. The lowest BCUT2D eigenvalue weighted by Gasteiger charge is -2.41. The van der Waals surface area contributed by atoms with Crippen LogP contribution in [0.2, 0.25) is 18.1 Å². The molecule has 0 saturated carbocycles. The van der Waals surface area contributed by atoms with Crippen LogP contribution < -0.4 is 19.6 Å². The Morgan fingerprint density at radius 1 is 1.02 bits per heavy atom. The first kappa shape index (κ1) is 41.1. The molecule has 14 heteroatoms. The highest BCUT2D eigenvalue weighted by Gasteiger charge is 2.52. The highest BCUT2D eigenvalue weighted by atomic mass is 28.4. The van der Waals surface area contributed by atoms with Gasteiger partial charge in [0.25, 0.3) is 0 Å². The Kier molecular flexibility index (Phi) is 11.3. The largest absolute Gasteiger partial charge is 0.447 e. The van der Waals surface area contributed by atoms with Crippen LogP contribution in [0.15, 0.2) is 61.3 Å². The van der Waals surface area contributed by atoms with Crippen molar-refractivity contribution < 1.29 is 23.5 Å². The number of fused-ring (bicyclic) bond motifs is 1. The van der Waals surface area contributed by atoms with E-state index in [4.69, 9.17) is 28.9 Å². The highest BCUT2D eigenvalue weighted by molar-refractivity contribution is 6.74. The van der Waals surface area contributed by atoms with E-state index < -0.39 is 31.5 Å². The van der Waals surface area contributed by atoms with Gasteiger partial charge in [0.2, 0.25) is 5.95 Å². The first-order valence-electron chi connectivity index (χ1n) is 19.7. The van der Waals surface area contributed by atoms with E-state index in [1.807, 2.05) is 82.4 Å². The summed E-state index contributed by atoms with van der Waals surface area (Å²) in [6.45, 7) is 29.5. The third-order valence-corrected chi connectivity index (χ3v) is 16.1. The zero-order chi connectivity index (χ0) is 40.8. The summed E-state index contributed by atoms with van der Waals surface area (Å²) in [5.74, 6) is 1.82. The lowest BCUT2D eigenvalue weighted by Crippen LogP contribution is -2.49. The van der Waals surface area contributed by atoms with Crippen LogP contribution in [0.25, 0.3) is 0 Å². The van der Waals surface area contributed by atoms with Gasteiger partial charge in [-0.2, -0.15) is 4.98 Å². The molecule has 0 spiro atoms. The van der Waals surface area contributed by atoms with Crippen molar-refractivity contribution in [2.45, 2.75) is 103 Å². The summed E-state index contributed by atoms with van der Waals surface area (Å²) < 4.78 is 18.3. The maximum absolute atomic E-state index is 14.2. The van der Waals surface area contributed by atoms with Gasteiger partial charge in [-0.3, -0.25) is 4.90 Å². The molecule has 3 atom stereocenters. The van der Waals surface area contributed by atoms with E-state index in [1.54, 1.807) is 4.90 Å². The molecule has 302 valence electrons. The van der Waals surface area contributed by atoms with Gasteiger partial charge >= 0.3 is 12.2 Å². The smallest absolute Gasteiger partial charge is 0.421 e. The second-order valence-corrected chi connectivity index (χ2v) is 22.9. The number of pyridine rings is 1. The monoisotopic (exact) mass is 784 g/mol. The number of cyclic esters (lactones) is 1. The number of benzene rings is 1. The Balaban J connectivity index is 1.49. The number of hydrogen-bond donors (Lipinski definition) is 0. The second-order valence-electron chi connectivity index (χ2n) is 18.1. The van der Waals surface area contributed by atoms with Crippen LogP contribution in [0.3, 0.4) is 0 Å². The van der Waals surface area contributed by atoms with Crippen molar-refractivity contribution in [3.63, 3.8) is 0 Å². The molecular formula is C42H60N8O5Si. The summed E-state index contributed by atoms with van der Waals surface area (Å²) >= 11 is 0. The second kappa shape index (κ2) is 15.4. The van der Waals surface area contributed by atoms with E-state index in [9.17, 15) is 9.59 Å². The molecule has 56 heavy (non-hydrogen) atoms. The topological polar surface area (TPSA) is 117 Å². The Hall–Kier alpha value is -4.53. The Morgan fingerprint density at radius 2 is 1.66 bits per heavy atom. The first-order valence-corrected chi connectivity index (χ1v) is 22.6. The molecule has 2 amide bonds. The quantitative estimate of drug-likeness (QED) is 0.146. The minimum Gasteiger partial charge on any atom is -0.447 e. The number of likely N-dealkylation sites (N-methyl/N-ethyl adjacent to an activating group) is 1. The summed E-state index contributed by atoms with van der Waals surface area (Å²) in [5.41, 5.74) is 1.14. The van der Waals surface area contributed by atoms with Gasteiger partial charge in [-0.1, -0.05) is 39.8 Å². The summed E-state index contributed by atoms with van der Waals surface area (Å²) in [6, 6.07) is 13.1. The van der Waals surface area contributed by atoms with E-state index in [-0.39, 0.29) is 29.7 Å². The van der Waals surface area contributed by atoms with Crippen molar-refractivity contribution in [1.29, 1.82) is 0 Å². The number of rotatable bonds is 10. The summed E-state index contributed by atoms with van der Waals surface area (Å²) in [5, 5.41) is -0.0104. The average molecular weight is 785 g/mol. The lowest BCUT2D eigenvalue weighted by atomic mass is 9.79. The molecule has 3 aliphatic heterocycles. The first-order chi connectivity index (χ1) is 26.2. The third-order valence-electron chi connectivity index (χ3n) is 11.6. The van der Waals surface area contributed by atoms with Crippen LogP contribution in [0, 0.1) is 0 Å². The van der Waals surface area contributed by atoms with Crippen LogP contribution >= 0.6 is 0 Å². The van der Waals surface area contributed by atoms with E-state index in [0.29, 0.717) is 36.2 Å². The zero-order valence-corrected chi connectivity index (χ0v) is 36.1. The predicted octanol–water partition coefficient (Wildman–Crippen LogP) is 8.42. The van der Waals surface area contributed by atoms with E-state index in [1.165, 1.54) is 4.90 Å². The molecule has 2 aromatic heterocycles. The Labute approximate surface area is 333 Å². The number of piperazine rings is 1. The minimum absolute atomic E-state index is 0.0104. The molecule has 3 aliphatic rings. The van der Waals surface area contributed by atoms with E-state index in [0.717, 1.165) is 37.4 Å². The predicted molar refractivity (Wildman–Crippen MR) is 225 cm³/mol. The normalized spacial score (nSPS) is 21.9. The summed E-state index contributed by atoms with van der Waals surface area (Å²) in [6.07, 6.45) is 3.27. The van der Waals surface area contributed by atoms with Gasteiger partial charge in [0.1, 0.15) is 29.7 Å². The zero-order valence-electron chi connectivity index (χ0n) is 35.1. The molecule has 0 radical (unpaired) electrons. The highest BCUT2D eigenvalue weighted by Crippen LogP contribution is 2.51. The molecule has 5 heterocycles. The van der Waals surface area contributed by atoms with Crippen molar-refractivity contribution in [2.24, 2.45) is 0 Å². The lowest BCUT2D eigenvalue weighted by molar-refractivity contribution is 0.0597. The van der Waals surface area contributed by atoms with Gasteiger partial charge in [0, 0.05) is 55.6 Å². The van der Waals surface area contributed by atoms with Gasteiger partial charge in [0.15, 0.2) is 8.32 Å². The third kappa shape index (κ3) is 8.14. The van der Waals surface area contributed by atoms with Crippen molar-refractivity contribution in [3.8, 4) is 0 Å². The summed E-state index contributed by atoms with van der Waals surface area (Å²) in [4.78, 5) is 52.0. The van der Waals surface area contributed by atoms with Gasteiger partial charge < -0.3 is 28.6 Å². The maximum atomic E-state index is 14.2. The van der Waals surface area contributed by atoms with Crippen molar-refractivity contribution in [3.05, 3.63) is 66.9 Å². The van der Waals surface area contributed by atoms with Gasteiger partial charge in [0.05, 0.1) is 17.8 Å². The number of carbonyl (C=O) groups is 2. The number of ether oxygens (including phenoxy) is 2. The van der Waals surface area contributed by atoms with E-state index in [2.05, 4.69) is 69.1 Å². The van der Waals surface area contributed by atoms with Crippen LogP contribution in [-0.2, 0) is 19.3 Å². The fourth-order valence-electron chi connectivity index (χ4n) is 7.19. The molecule has 6 rings (SSSR count). The Morgan fingerprint density at radius 3 is 2.23 bits per heavy atom. The molecule has 0 unspecified atom stereocenters. The Bertz CT molecular complexity index is 1920. The fourth-order valence-corrected chi connectivity index (χ4v) is 8.28. The number of nitrogens with zero attached hydrogens (tertiary/aromatic N) is 8. The van der Waals surface area contributed by atoms with Crippen molar-refractivity contribution in [2.75, 3.05) is 66.0 Å². The molecular weight excluding hydrogens is 725 g/mol. The standard InChI is InChI=1S/C42H60N8O5Si/c1-13-15-33-42(9,28-54-56(11,12)41(6,7)8)32-26-43-37(45-36(32)50(33)35-17-14-16-34(44-35)48-29(2)27-53-38(48)51)49(39(52)55-40(3,4)5)31-20-18-30(19-21-31)47-24-22-46(10)23-25-47/h13-14,16-21,26,29,33H,1,15,22-25,27-28H2,2-12H3/t29-,33+,42+/m0/s1. The molecule has 0 aliphatic carbocycles. The molecule has 13 nitrogen and oxygen atoms in total. The van der Waals surface area contributed by atoms with Crippen LogP contribution in [0.5, 0.6) is 0 Å².